The summed E-state index contributed by atoms with van der Waals surface area (Å²) in [4.78, 5) is 26.0. The summed E-state index contributed by atoms with van der Waals surface area (Å²) >= 11 is 0. The number of hydrogen-bond donors (Lipinski definition) is 1. The van der Waals surface area contributed by atoms with E-state index in [0.717, 1.165) is 15.4 Å². The van der Waals surface area contributed by atoms with E-state index in [1.807, 2.05) is 32.0 Å². The summed E-state index contributed by atoms with van der Waals surface area (Å²) in [6, 6.07) is 19.8. The molecule has 0 saturated carbocycles. The minimum atomic E-state index is -3.62. The van der Waals surface area contributed by atoms with Crippen molar-refractivity contribution >= 4 is 27.6 Å². The number of nitrogens with zero attached hydrogens (tertiary/aromatic N) is 1. The molecule has 172 valence electrons. The molecule has 0 spiro atoms. The molecular formula is C25H26N2O5S. The lowest BCUT2D eigenvalue weighted by molar-refractivity contribution is -0.125. The highest BCUT2D eigenvalue weighted by atomic mass is 32.2. The maximum Gasteiger partial charge on any atom is 0.339 e. The predicted octanol–water partition coefficient (Wildman–Crippen LogP) is 4.09. The Balaban J connectivity index is 1.86. The molecule has 1 atom stereocenters. The van der Waals surface area contributed by atoms with Crippen LogP contribution in [0.25, 0.3) is 0 Å². The Hall–Kier alpha value is -3.49. The molecule has 1 amide bonds. The smallest absolute Gasteiger partial charge is 0.339 e. The van der Waals surface area contributed by atoms with Gasteiger partial charge in [-0.3, -0.25) is 4.79 Å². The largest absolute Gasteiger partial charge is 0.444 e. The molecule has 0 radical (unpaired) electrons. The Kier molecular flexibility index (Phi) is 7.30. The Bertz CT molecular complexity index is 1250. The average Bonchev–Trinajstić information content (AvgIpc) is 2.80. The van der Waals surface area contributed by atoms with E-state index in [9.17, 15) is 18.0 Å². The topological polar surface area (TPSA) is 92.8 Å². The van der Waals surface area contributed by atoms with Gasteiger partial charge in [0.2, 0.25) is 16.1 Å². The van der Waals surface area contributed by atoms with Crippen LogP contribution in [0, 0.1) is 13.8 Å². The van der Waals surface area contributed by atoms with Gasteiger partial charge >= 0.3 is 5.97 Å². The molecule has 0 fully saturated rings. The molecule has 0 aliphatic heterocycles. The molecule has 3 aromatic rings. The molecule has 0 saturated heterocycles. The van der Waals surface area contributed by atoms with Crippen LogP contribution >= 0.6 is 0 Å². The van der Waals surface area contributed by atoms with Crippen LogP contribution in [-0.4, -0.2) is 38.7 Å². The van der Waals surface area contributed by atoms with Crippen LogP contribution in [0.3, 0.4) is 0 Å². The van der Waals surface area contributed by atoms with Gasteiger partial charge in [0.05, 0.1) is 10.5 Å². The molecule has 8 heteroatoms. The lowest BCUT2D eigenvalue weighted by atomic mass is 10.1. The standard InChI is InChI=1S/C25H26N2O5S/c1-17-10-11-18(2)22(16-17)26-24(28)23(19-8-6-5-7-9-19)32-25(29)20-12-14-21(15-13-20)33(30,31)27(3)4/h5-16,23H,1-4H3,(H,26,28)/t23-/m1/s1. The lowest BCUT2D eigenvalue weighted by Gasteiger charge is -2.19. The molecule has 0 aliphatic carbocycles. The third-order valence-electron chi connectivity index (χ3n) is 5.08. The highest BCUT2D eigenvalue weighted by molar-refractivity contribution is 7.89. The van der Waals surface area contributed by atoms with Gasteiger partial charge in [-0.15, -0.1) is 0 Å². The van der Waals surface area contributed by atoms with Crippen LogP contribution in [0.5, 0.6) is 0 Å². The third kappa shape index (κ3) is 5.66. The molecule has 0 aromatic heterocycles. The van der Waals surface area contributed by atoms with Crippen LogP contribution < -0.4 is 5.32 Å². The van der Waals surface area contributed by atoms with E-state index in [0.29, 0.717) is 11.3 Å². The first-order valence-corrected chi connectivity index (χ1v) is 11.7. The highest BCUT2D eigenvalue weighted by Crippen LogP contribution is 2.24. The van der Waals surface area contributed by atoms with Crippen LogP contribution in [0.15, 0.2) is 77.7 Å². The Labute approximate surface area is 194 Å². The number of sulfonamides is 1. The van der Waals surface area contributed by atoms with Gasteiger partial charge in [0.25, 0.3) is 5.91 Å². The molecule has 3 rings (SSSR count). The monoisotopic (exact) mass is 466 g/mol. The molecule has 7 nitrogen and oxygen atoms in total. The van der Waals surface area contributed by atoms with E-state index in [2.05, 4.69) is 5.32 Å². The van der Waals surface area contributed by atoms with Crippen molar-refractivity contribution in [1.29, 1.82) is 0 Å². The van der Waals surface area contributed by atoms with Crippen molar-refractivity contribution in [1.82, 2.24) is 4.31 Å². The zero-order valence-electron chi connectivity index (χ0n) is 18.9. The van der Waals surface area contributed by atoms with Gasteiger partial charge in [-0.2, -0.15) is 0 Å². The van der Waals surface area contributed by atoms with Gasteiger partial charge < -0.3 is 10.1 Å². The van der Waals surface area contributed by atoms with Crippen molar-refractivity contribution in [2.45, 2.75) is 24.8 Å². The van der Waals surface area contributed by atoms with E-state index in [1.165, 1.54) is 38.4 Å². The number of rotatable bonds is 7. The number of carbonyl (C=O) groups is 2. The fourth-order valence-electron chi connectivity index (χ4n) is 3.12. The zero-order chi connectivity index (χ0) is 24.2. The molecule has 0 aliphatic rings. The SMILES string of the molecule is Cc1ccc(C)c(NC(=O)[C@H](OC(=O)c2ccc(S(=O)(=O)N(C)C)cc2)c2ccccc2)c1. The maximum absolute atomic E-state index is 13.1. The second kappa shape index (κ2) is 9.97. The first kappa shape index (κ1) is 24.2. The molecular weight excluding hydrogens is 440 g/mol. The van der Waals surface area contributed by atoms with Crippen molar-refractivity contribution in [3.63, 3.8) is 0 Å². The predicted molar refractivity (Wildman–Crippen MR) is 126 cm³/mol. The van der Waals surface area contributed by atoms with Gasteiger partial charge in [-0.1, -0.05) is 42.5 Å². The van der Waals surface area contributed by atoms with E-state index in [1.54, 1.807) is 30.3 Å². The maximum atomic E-state index is 13.1. The number of esters is 1. The van der Waals surface area contributed by atoms with Crippen LogP contribution in [0.2, 0.25) is 0 Å². The zero-order valence-corrected chi connectivity index (χ0v) is 19.7. The van der Waals surface area contributed by atoms with Gasteiger partial charge in [-0.05, 0) is 55.3 Å². The van der Waals surface area contributed by atoms with E-state index < -0.39 is 28.0 Å². The number of benzene rings is 3. The van der Waals surface area contributed by atoms with Gasteiger partial charge in [0, 0.05) is 25.3 Å². The van der Waals surface area contributed by atoms with Crippen molar-refractivity contribution in [2.75, 3.05) is 19.4 Å². The summed E-state index contributed by atoms with van der Waals surface area (Å²) in [5, 5.41) is 2.85. The summed E-state index contributed by atoms with van der Waals surface area (Å²) in [6.45, 7) is 3.80. The number of carbonyl (C=O) groups excluding carboxylic acids is 2. The van der Waals surface area contributed by atoms with Crippen molar-refractivity contribution in [2.24, 2.45) is 0 Å². The van der Waals surface area contributed by atoms with Crippen molar-refractivity contribution in [3.05, 3.63) is 95.1 Å². The number of hydrogen-bond acceptors (Lipinski definition) is 5. The fourth-order valence-corrected chi connectivity index (χ4v) is 4.02. The summed E-state index contributed by atoms with van der Waals surface area (Å²) in [5.41, 5.74) is 3.14. The Morgan fingerprint density at radius 1 is 0.909 bits per heavy atom. The summed E-state index contributed by atoms with van der Waals surface area (Å²) in [6.07, 6.45) is -1.19. The second-order valence-corrected chi connectivity index (χ2v) is 9.97. The summed E-state index contributed by atoms with van der Waals surface area (Å²) in [7, 11) is -0.770. The fraction of sp³-hybridized carbons (Fsp3) is 0.200. The molecule has 1 N–H and O–H groups in total. The van der Waals surface area contributed by atoms with Gasteiger partial charge in [-0.25, -0.2) is 17.5 Å². The van der Waals surface area contributed by atoms with E-state index in [4.69, 9.17) is 4.74 Å². The average molecular weight is 467 g/mol. The second-order valence-electron chi connectivity index (χ2n) is 7.82. The normalized spacial score (nSPS) is 12.3. The van der Waals surface area contributed by atoms with Crippen LogP contribution in [0.1, 0.15) is 33.2 Å². The van der Waals surface area contributed by atoms with Crippen LogP contribution in [0.4, 0.5) is 5.69 Å². The van der Waals surface area contributed by atoms with Gasteiger partial charge in [0.1, 0.15) is 0 Å². The van der Waals surface area contributed by atoms with E-state index in [-0.39, 0.29) is 10.5 Å². The first-order valence-electron chi connectivity index (χ1n) is 10.3. The third-order valence-corrected chi connectivity index (χ3v) is 6.91. The minimum absolute atomic E-state index is 0.0522. The molecule has 0 unspecified atom stereocenters. The quantitative estimate of drug-likeness (QED) is 0.530. The number of ether oxygens (including phenoxy) is 1. The van der Waals surface area contributed by atoms with Crippen molar-refractivity contribution in [3.8, 4) is 0 Å². The van der Waals surface area contributed by atoms with Gasteiger partial charge in [0.15, 0.2) is 0 Å². The molecule has 0 bridgehead atoms. The van der Waals surface area contributed by atoms with Crippen LogP contribution in [-0.2, 0) is 19.6 Å². The summed E-state index contributed by atoms with van der Waals surface area (Å²) in [5.74, 6) is -1.23. The first-order chi connectivity index (χ1) is 15.6. The summed E-state index contributed by atoms with van der Waals surface area (Å²) < 4.78 is 31.2. The lowest BCUT2D eigenvalue weighted by Crippen LogP contribution is -2.26. The van der Waals surface area contributed by atoms with Crippen molar-refractivity contribution < 1.29 is 22.7 Å². The minimum Gasteiger partial charge on any atom is -0.444 e. The molecule has 3 aromatic carbocycles. The Morgan fingerprint density at radius 2 is 1.55 bits per heavy atom. The highest BCUT2D eigenvalue weighted by Gasteiger charge is 2.26. The number of aryl methyl sites for hydroxylation is 2. The molecule has 0 heterocycles. The number of amides is 1. The van der Waals surface area contributed by atoms with E-state index >= 15 is 0 Å². The number of nitrogens with one attached hydrogen (secondary N) is 1. The Morgan fingerprint density at radius 3 is 2.15 bits per heavy atom. The molecule has 33 heavy (non-hydrogen) atoms. The number of anilines is 1.